The number of benzene rings is 1. The van der Waals surface area contributed by atoms with Crippen LogP contribution in [0.5, 0.6) is 0 Å². The summed E-state index contributed by atoms with van der Waals surface area (Å²) in [7, 11) is 0. The van der Waals surface area contributed by atoms with E-state index in [0.29, 0.717) is 10.7 Å². The molecular formula is C9H10ClF2NO. The second-order valence-electron chi connectivity index (χ2n) is 2.76. The van der Waals surface area contributed by atoms with Crippen LogP contribution in [0.25, 0.3) is 0 Å². The summed E-state index contributed by atoms with van der Waals surface area (Å²) in [6.45, 7) is -0.450. The van der Waals surface area contributed by atoms with Gasteiger partial charge in [0.25, 0.3) is 6.43 Å². The minimum atomic E-state index is -2.44. The number of hydrogen-bond acceptors (Lipinski definition) is 2. The predicted molar refractivity (Wildman–Crippen MR) is 51.5 cm³/mol. The molecule has 2 N–H and O–H groups in total. The average Bonchev–Trinajstić information content (AvgIpc) is 2.10. The van der Waals surface area contributed by atoms with Crippen molar-refractivity contribution in [1.82, 2.24) is 0 Å². The lowest BCUT2D eigenvalue weighted by Gasteiger charge is -2.05. The first kappa shape index (κ1) is 11.2. The minimum absolute atomic E-state index is 0.117. The molecule has 0 heterocycles. The summed E-state index contributed by atoms with van der Waals surface area (Å²) < 4.78 is 28.1. The van der Waals surface area contributed by atoms with Gasteiger partial charge in [0, 0.05) is 0 Å². The third-order valence-corrected chi connectivity index (χ3v) is 1.92. The summed E-state index contributed by atoms with van der Waals surface area (Å²) in [5.74, 6) is 0. The summed E-state index contributed by atoms with van der Waals surface area (Å²) in [6.07, 6.45) is -2.44. The van der Waals surface area contributed by atoms with Crippen LogP contribution in [0.4, 0.5) is 14.5 Å². The normalized spacial score (nSPS) is 10.9. The fourth-order valence-electron chi connectivity index (χ4n) is 0.949. The van der Waals surface area contributed by atoms with Crippen LogP contribution in [-0.4, -0.2) is 13.0 Å². The van der Waals surface area contributed by atoms with Gasteiger partial charge in [-0.25, -0.2) is 8.78 Å². The van der Waals surface area contributed by atoms with E-state index in [1.54, 1.807) is 18.2 Å². The molecule has 0 saturated carbocycles. The summed E-state index contributed by atoms with van der Waals surface area (Å²) in [4.78, 5) is 0. The molecule has 0 bridgehead atoms. The topological polar surface area (TPSA) is 35.2 Å². The summed E-state index contributed by atoms with van der Waals surface area (Å²) in [5, 5.41) is 0.447. The van der Waals surface area contributed by atoms with Crippen LogP contribution in [-0.2, 0) is 11.3 Å². The highest BCUT2D eigenvalue weighted by molar-refractivity contribution is 6.33. The van der Waals surface area contributed by atoms with Gasteiger partial charge in [0.1, 0.15) is 6.61 Å². The molecule has 5 heteroatoms. The van der Waals surface area contributed by atoms with Crippen molar-refractivity contribution in [3.63, 3.8) is 0 Å². The molecule has 78 valence electrons. The zero-order valence-electron chi connectivity index (χ0n) is 7.34. The SMILES string of the molecule is Nc1cc(COCC(F)F)ccc1Cl. The highest BCUT2D eigenvalue weighted by Gasteiger charge is 2.03. The van der Waals surface area contributed by atoms with Gasteiger partial charge in [-0.05, 0) is 17.7 Å². The standard InChI is InChI=1S/C9H10ClF2NO/c10-7-2-1-6(3-8(7)13)4-14-5-9(11)12/h1-3,9H,4-5,13H2. The maximum absolute atomic E-state index is 11.7. The number of alkyl halides is 2. The lowest BCUT2D eigenvalue weighted by molar-refractivity contribution is 0.00990. The van der Waals surface area contributed by atoms with Crippen LogP contribution in [0.1, 0.15) is 5.56 Å². The van der Waals surface area contributed by atoms with Crippen molar-refractivity contribution < 1.29 is 13.5 Å². The highest BCUT2D eigenvalue weighted by atomic mass is 35.5. The van der Waals surface area contributed by atoms with Crippen molar-refractivity contribution in [3.8, 4) is 0 Å². The Morgan fingerprint density at radius 3 is 2.71 bits per heavy atom. The zero-order valence-corrected chi connectivity index (χ0v) is 8.10. The molecule has 2 nitrogen and oxygen atoms in total. The molecule has 0 aliphatic heterocycles. The van der Waals surface area contributed by atoms with E-state index in [4.69, 9.17) is 22.1 Å². The molecule has 0 amide bonds. The van der Waals surface area contributed by atoms with Crippen molar-refractivity contribution in [2.75, 3.05) is 12.3 Å². The Morgan fingerprint density at radius 1 is 1.43 bits per heavy atom. The van der Waals surface area contributed by atoms with Gasteiger partial charge in [0.05, 0.1) is 17.3 Å². The molecule has 0 spiro atoms. The first-order valence-electron chi connectivity index (χ1n) is 3.99. The van der Waals surface area contributed by atoms with Gasteiger partial charge in [-0.2, -0.15) is 0 Å². The molecule has 0 fully saturated rings. The van der Waals surface area contributed by atoms with Crippen molar-refractivity contribution in [3.05, 3.63) is 28.8 Å². The molecule has 0 unspecified atom stereocenters. The number of anilines is 1. The average molecular weight is 222 g/mol. The van der Waals surface area contributed by atoms with Crippen molar-refractivity contribution in [2.45, 2.75) is 13.0 Å². The molecule has 1 aromatic rings. The Hall–Kier alpha value is -0.870. The largest absolute Gasteiger partial charge is 0.398 e. The second-order valence-corrected chi connectivity index (χ2v) is 3.17. The Morgan fingerprint density at radius 2 is 2.14 bits per heavy atom. The Kier molecular flexibility index (Phi) is 4.10. The lowest BCUT2D eigenvalue weighted by atomic mass is 10.2. The fourth-order valence-corrected chi connectivity index (χ4v) is 1.07. The quantitative estimate of drug-likeness (QED) is 0.794. The molecule has 0 aromatic heterocycles. The lowest BCUT2D eigenvalue weighted by Crippen LogP contribution is -2.04. The van der Waals surface area contributed by atoms with Crippen molar-refractivity contribution >= 4 is 17.3 Å². The van der Waals surface area contributed by atoms with Gasteiger partial charge >= 0.3 is 0 Å². The first-order chi connectivity index (χ1) is 6.59. The second kappa shape index (κ2) is 5.12. The van der Waals surface area contributed by atoms with E-state index in [9.17, 15) is 8.78 Å². The number of rotatable bonds is 4. The Bertz CT molecular complexity index is 307. The molecule has 1 aromatic carbocycles. The molecule has 0 aliphatic rings. The van der Waals surface area contributed by atoms with Crippen LogP contribution in [0.15, 0.2) is 18.2 Å². The van der Waals surface area contributed by atoms with Gasteiger partial charge in [-0.1, -0.05) is 17.7 Å². The van der Waals surface area contributed by atoms with Gasteiger partial charge in [0.2, 0.25) is 0 Å². The van der Waals surface area contributed by atoms with E-state index in [-0.39, 0.29) is 6.61 Å². The van der Waals surface area contributed by atoms with Crippen LogP contribution >= 0.6 is 11.6 Å². The third kappa shape index (κ3) is 3.47. The van der Waals surface area contributed by atoms with Gasteiger partial charge in [-0.3, -0.25) is 0 Å². The van der Waals surface area contributed by atoms with E-state index in [1.165, 1.54) is 0 Å². The fraction of sp³-hybridized carbons (Fsp3) is 0.333. The number of nitrogen functional groups attached to an aromatic ring is 1. The van der Waals surface area contributed by atoms with Crippen LogP contribution < -0.4 is 5.73 Å². The van der Waals surface area contributed by atoms with E-state index < -0.39 is 13.0 Å². The number of ether oxygens (including phenoxy) is 1. The summed E-state index contributed by atoms with van der Waals surface area (Å²) >= 11 is 5.68. The van der Waals surface area contributed by atoms with E-state index in [2.05, 4.69) is 0 Å². The minimum Gasteiger partial charge on any atom is -0.398 e. The third-order valence-electron chi connectivity index (χ3n) is 1.57. The van der Waals surface area contributed by atoms with E-state index >= 15 is 0 Å². The number of halogens is 3. The molecule has 0 saturated heterocycles. The predicted octanol–water partition coefficient (Wildman–Crippen LogP) is 2.70. The maximum atomic E-state index is 11.7. The number of hydrogen-bond donors (Lipinski definition) is 1. The molecular weight excluding hydrogens is 212 g/mol. The van der Waals surface area contributed by atoms with E-state index in [1.807, 2.05) is 0 Å². The summed E-state index contributed by atoms with van der Waals surface area (Å²) in [5.41, 5.74) is 6.67. The first-order valence-corrected chi connectivity index (χ1v) is 4.37. The van der Waals surface area contributed by atoms with Crippen molar-refractivity contribution in [2.24, 2.45) is 0 Å². The van der Waals surface area contributed by atoms with Gasteiger partial charge < -0.3 is 10.5 Å². The molecule has 0 radical (unpaired) electrons. The maximum Gasteiger partial charge on any atom is 0.261 e. The number of nitrogens with two attached hydrogens (primary N) is 1. The highest BCUT2D eigenvalue weighted by Crippen LogP contribution is 2.19. The van der Waals surface area contributed by atoms with Crippen LogP contribution in [0.2, 0.25) is 5.02 Å². The molecule has 14 heavy (non-hydrogen) atoms. The van der Waals surface area contributed by atoms with Crippen LogP contribution in [0.3, 0.4) is 0 Å². The monoisotopic (exact) mass is 221 g/mol. The smallest absolute Gasteiger partial charge is 0.261 e. The molecule has 0 atom stereocenters. The van der Waals surface area contributed by atoms with Crippen LogP contribution in [0, 0.1) is 0 Å². The zero-order chi connectivity index (χ0) is 10.6. The van der Waals surface area contributed by atoms with Gasteiger partial charge in [0.15, 0.2) is 0 Å². The van der Waals surface area contributed by atoms with Crippen molar-refractivity contribution in [1.29, 1.82) is 0 Å². The summed E-state index contributed by atoms with van der Waals surface area (Å²) in [6, 6.07) is 4.90. The molecule has 0 aliphatic carbocycles. The molecule has 1 rings (SSSR count). The Labute approximate surface area is 85.6 Å². The Balaban J connectivity index is 2.47. The van der Waals surface area contributed by atoms with E-state index in [0.717, 1.165) is 5.56 Å². The van der Waals surface area contributed by atoms with Gasteiger partial charge in [-0.15, -0.1) is 0 Å².